The summed E-state index contributed by atoms with van der Waals surface area (Å²) in [6.07, 6.45) is 3.22. The summed E-state index contributed by atoms with van der Waals surface area (Å²) in [5.41, 5.74) is 1.30. The fourth-order valence-corrected chi connectivity index (χ4v) is 2.77. The maximum absolute atomic E-state index is 11.2. The van der Waals surface area contributed by atoms with Gasteiger partial charge in [0.15, 0.2) is 0 Å². The first-order chi connectivity index (χ1) is 8.60. The van der Waals surface area contributed by atoms with Crippen molar-refractivity contribution in [2.24, 2.45) is 0 Å². The van der Waals surface area contributed by atoms with Crippen LogP contribution in [0.5, 0.6) is 0 Å². The van der Waals surface area contributed by atoms with E-state index in [1.54, 1.807) is 4.68 Å². The van der Waals surface area contributed by atoms with Crippen LogP contribution in [0.4, 0.5) is 5.69 Å². The molecule has 1 aromatic rings. The van der Waals surface area contributed by atoms with Crippen LogP contribution >= 0.6 is 0 Å². The summed E-state index contributed by atoms with van der Waals surface area (Å²) in [7, 11) is 0. The van der Waals surface area contributed by atoms with Gasteiger partial charge in [0.2, 0.25) is 0 Å². The number of rotatable bonds is 4. The van der Waals surface area contributed by atoms with Crippen molar-refractivity contribution in [2.75, 3.05) is 0 Å². The van der Waals surface area contributed by atoms with Gasteiger partial charge < -0.3 is 5.11 Å². The van der Waals surface area contributed by atoms with Gasteiger partial charge in [-0.15, -0.1) is 0 Å². The molecule has 0 aromatic carbocycles. The van der Waals surface area contributed by atoms with E-state index in [-0.39, 0.29) is 16.7 Å². The standard InChI is InChI=1S/C12H19N3O3/c1-3-8-12(15(17)18)9(4-2)14(13-8)10-6-5-7-11(10)16/h10-11,16H,3-7H2,1-2H3/t10-,11-/m0/s1. The van der Waals surface area contributed by atoms with Crippen LogP contribution in [0.15, 0.2) is 0 Å². The molecule has 0 amide bonds. The number of hydrogen-bond acceptors (Lipinski definition) is 4. The zero-order chi connectivity index (χ0) is 13.3. The Morgan fingerprint density at radius 1 is 1.44 bits per heavy atom. The molecule has 1 heterocycles. The van der Waals surface area contributed by atoms with E-state index < -0.39 is 6.10 Å². The molecular weight excluding hydrogens is 234 g/mol. The molecule has 1 aliphatic carbocycles. The lowest BCUT2D eigenvalue weighted by Crippen LogP contribution is -2.21. The van der Waals surface area contributed by atoms with Gasteiger partial charge in [0, 0.05) is 0 Å². The van der Waals surface area contributed by atoms with E-state index in [1.807, 2.05) is 13.8 Å². The molecule has 1 N–H and O–H groups in total. The van der Waals surface area contributed by atoms with Crippen molar-refractivity contribution < 1.29 is 10.0 Å². The average Bonchev–Trinajstić information content (AvgIpc) is 2.91. The van der Waals surface area contributed by atoms with Crippen molar-refractivity contribution in [3.05, 3.63) is 21.5 Å². The largest absolute Gasteiger partial charge is 0.391 e. The molecule has 0 aliphatic heterocycles. The van der Waals surface area contributed by atoms with Crippen molar-refractivity contribution in [3.8, 4) is 0 Å². The van der Waals surface area contributed by atoms with Gasteiger partial charge in [-0.2, -0.15) is 5.10 Å². The molecule has 0 unspecified atom stereocenters. The van der Waals surface area contributed by atoms with E-state index in [4.69, 9.17) is 0 Å². The summed E-state index contributed by atoms with van der Waals surface area (Å²) >= 11 is 0. The molecule has 100 valence electrons. The monoisotopic (exact) mass is 253 g/mol. The molecule has 0 saturated heterocycles. The Balaban J connectivity index is 2.50. The molecule has 1 fully saturated rings. The zero-order valence-electron chi connectivity index (χ0n) is 10.8. The highest BCUT2D eigenvalue weighted by Gasteiger charge is 2.34. The molecule has 2 atom stereocenters. The van der Waals surface area contributed by atoms with E-state index in [9.17, 15) is 15.2 Å². The number of aliphatic hydroxyl groups is 1. The Morgan fingerprint density at radius 2 is 2.17 bits per heavy atom. The Hall–Kier alpha value is -1.43. The lowest BCUT2D eigenvalue weighted by Gasteiger charge is -2.17. The SMILES string of the molecule is CCc1nn([C@H]2CCC[C@@H]2O)c(CC)c1[N+](=O)[O-]. The maximum atomic E-state index is 11.2. The molecule has 6 nitrogen and oxygen atoms in total. The van der Waals surface area contributed by atoms with E-state index in [2.05, 4.69) is 5.10 Å². The van der Waals surface area contributed by atoms with Gasteiger partial charge in [0.25, 0.3) is 0 Å². The molecule has 1 saturated carbocycles. The Kier molecular flexibility index (Phi) is 3.65. The molecular formula is C12H19N3O3. The van der Waals surface area contributed by atoms with Crippen LogP contribution in [-0.4, -0.2) is 25.9 Å². The first kappa shape index (κ1) is 13.0. The summed E-state index contributed by atoms with van der Waals surface area (Å²) < 4.78 is 1.70. The molecule has 2 rings (SSSR count). The van der Waals surface area contributed by atoms with Crippen LogP contribution in [0, 0.1) is 10.1 Å². The second-order valence-corrected chi connectivity index (χ2v) is 4.72. The maximum Gasteiger partial charge on any atom is 0.313 e. The quantitative estimate of drug-likeness (QED) is 0.657. The smallest absolute Gasteiger partial charge is 0.313 e. The highest BCUT2D eigenvalue weighted by molar-refractivity contribution is 5.41. The molecule has 18 heavy (non-hydrogen) atoms. The lowest BCUT2D eigenvalue weighted by molar-refractivity contribution is -0.386. The summed E-state index contributed by atoms with van der Waals surface area (Å²) in [5.74, 6) is 0. The number of nitro groups is 1. The summed E-state index contributed by atoms with van der Waals surface area (Å²) in [6.45, 7) is 3.76. The third-order valence-corrected chi connectivity index (χ3v) is 3.66. The number of aryl methyl sites for hydroxylation is 1. The molecule has 0 bridgehead atoms. The predicted molar refractivity (Wildman–Crippen MR) is 66.5 cm³/mol. The Morgan fingerprint density at radius 3 is 2.61 bits per heavy atom. The van der Waals surface area contributed by atoms with E-state index in [0.717, 1.165) is 19.3 Å². The topological polar surface area (TPSA) is 81.2 Å². The Bertz CT molecular complexity index is 456. The van der Waals surface area contributed by atoms with Crippen LogP contribution < -0.4 is 0 Å². The van der Waals surface area contributed by atoms with Gasteiger partial charge in [0.1, 0.15) is 11.4 Å². The van der Waals surface area contributed by atoms with E-state index >= 15 is 0 Å². The number of aliphatic hydroxyl groups excluding tert-OH is 1. The summed E-state index contributed by atoms with van der Waals surface area (Å²) in [5, 5.41) is 25.5. The first-order valence-electron chi connectivity index (χ1n) is 6.52. The van der Waals surface area contributed by atoms with Crippen LogP contribution in [0.3, 0.4) is 0 Å². The second-order valence-electron chi connectivity index (χ2n) is 4.72. The van der Waals surface area contributed by atoms with Crippen molar-refractivity contribution in [1.29, 1.82) is 0 Å². The first-order valence-corrected chi connectivity index (χ1v) is 6.52. The van der Waals surface area contributed by atoms with Gasteiger partial charge in [-0.25, -0.2) is 0 Å². The highest BCUT2D eigenvalue weighted by Crippen LogP contribution is 2.34. The number of hydrogen-bond donors (Lipinski definition) is 1. The lowest BCUT2D eigenvalue weighted by atomic mass is 10.2. The van der Waals surface area contributed by atoms with Crippen LogP contribution in [0.25, 0.3) is 0 Å². The molecule has 6 heteroatoms. The fourth-order valence-electron chi connectivity index (χ4n) is 2.77. The van der Waals surface area contributed by atoms with E-state index in [0.29, 0.717) is 24.2 Å². The molecule has 0 radical (unpaired) electrons. The molecule has 0 spiro atoms. The van der Waals surface area contributed by atoms with E-state index in [1.165, 1.54) is 0 Å². The third-order valence-electron chi connectivity index (χ3n) is 3.66. The van der Waals surface area contributed by atoms with Crippen LogP contribution in [-0.2, 0) is 12.8 Å². The van der Waals surface area contributed by atoms with Crippen molar-refractivity contribution in [2.45, 2.75) is 58.1 Å². The van der Waals surface area contributed by atoms with Gasteiger partial charge in [-0.3, -0.25) is 14.8 Å². The zero-order valence-corrected chi connectivity index (χ0v) is 10.8. The predicted octanol–water partition coefficient (Wildman–Crippen LogP) is 2.00. The number of aromatic nitrogens is 2. The Labute approximate surface area is 106 Å². The van der Waals surface area contributed by atoms with Crippen molar-refractivity contribution in [3.63, 3.8) is 0 Å². The van der Waals surface area contributed by atoms with Gasteiger partial charge >= 0.3 is 5.69 Å². The normalized spacial score (nSPS) is 23.5. The minimum absolute atomic E-state index is 0.0982. The highest BCUT2D eigenvalue weighted by atomic mass is 16.6. The van der Waals surface area contributed by atoms with Crippen LogP contribution in [0.1, 0.15) is 50.5 Å². The van der Waals surface area contributed by atoms with Gasteiger partial charge in [-0.05, 0) is 32.1 Å². The average molecular weight is 253 g/mol. The summed E-state index contributed by atoms with van der Waals surface area (Å²) in [4.78, 5) is 10.8. The minimum atomic E-state index is -0.431. The minimum Gasteiger partial charge on any atom is -0.391 e. The van der Waals surface area contributed by atoms with Crippen LogP contribution in [0.2, 0.25) is 0 Å². The summed E-state index contributed by atoms with van der Waals surface area (Å²) in [6, 6.07) is -0.0982. The fraction of sp³-hybridized carbons (Fsp3) is 0.750. The number of nitrogens with zero attached hydrogens (tertiary/aromatic N) is 3. The van der Waals surface area contributed by atoms with Gasteiger partial charge in [0.05, 0.1) is 17.1 Å². The van der Waals surface area contributed by atoms with Crippen molar-refractivity contribution in [1.82, 2.24) is 9.78 Å². The molecule has 1 aromatic heterocycles. The van der Waals surface area contributed by atoms with Gasteiger partial charge in [-0.1, -0.05) is 13.8 Å². The third kappa shape index (κ3) is 2.01. The van der Waals surface area contributed by atoms with Crippen molar-refractivity contribution >= 4 is 5.69 Å². The molecule has 1 aliphatic rings. The second kappa shape index (κ2) is 5.06.